The van der Waals surface area contributed by atoms with Gasteiger partial charge < -0.3 is 4.74 Å². The maximum atomic E-state index is 12.4. The zero-order valence-electron chi connectivity index (χ0n) is 11.8. The molecule has 1 aliphatic rings. The molecule has 0 spiro atoms. The molecule has 0 aliphatic heterocycles. The van der Waals surface area contributed by atoms with Crippen LogP contribution < -0.4 is 10.1 Å². The Morgan fingerprint density at radius 3 is 2.86 bits per heavy atom. The molecular weight excluding hydrogens is 292 g/mol. The van der Waals surface area contributed by atoms with Crippen LogP contribution in [0.15, 0.2) is 18.2 Å². The van der Waals surface area contributed by atoms with Crippen molar-refractivity contribution in [1.29, 1.82) is 0 Å². The minimum atomic E-state index is -0.294. The fraction of sp³-hybridized carbons (Fsp3) is 0.357. The van der Waals surface area contributed by atoms with E-state index in [0.29, 0.717) is 28.3 Å². The first-order chi connectivity index (χ1) is 10.1. The molecule has 1 saturated carbocycles. The molecule has 0 atom stereocenters. The van der Waals surface area contributed by atoms with Crippen molar-refractivity contribution in [3.05, 3.63) is 34.6 Å². The molecule has 0 radical (unpaired) electrons. The van der Waals surface area contributed by atoms with Gasteiger partial charge in [0, 0.05) is 11.1 Å². The van der Waals surface area contributed by atoms with Gasteiger partial charge in [-0.1, -0.05) is 11.6 Å². The topological polar surface area (TPSA) is 69.0 Å². The van der Waals surface area contributed by atoms with Crippen molar-refractivity contribution >= 4 is 23.5 Å². The second-order valence-electron chi connectivity index (χ2n) is 4.97. The van der Waals surface area contributed by atoms with E-state index in [1.165, 1.54) is 7.11 Å². The van der Waals surface area contributed by atoms with Crippen LogP contribution in [0.4, 0.5) is 5.95 Å². The summed E-state index contributed by atoms with van der Waals surface area (Å²) in [5.41, 5.74) is 0.407. The van der Waals surface area contributed by atoms with Crippen molar-refractivity contribution < 1.29 is 9.53 Å². The predicted octanol–water partition coefficient (Wildman–Crippen LogP) is 2.84. The molecular formula is C14H15ClN4O2. The highest BCUT2D eigenvalue weighted by molar-refractivity contribution is 6.31. The number of anilines is 1. The number of carbonyl (C=O) groups excluding carboxylic acids is 1. The Bertz CT molecular complexity index is 694. The van der Waals surface area contributed by atoms with Gasteiger partial charge in [0.25, 0.3) is 5.91 Å². The van der Waals surface area contributed by atoms with Crippen LogP contribution in [-0.4, -0.2) is 27.8 Å². The summed E-state index contributed by atoms with van der Waals surface area (Å²) in [5, 5.41) is 11.4. The molecule has 0 unspecified atom stereocenters. The third-order valence-corrected chi connectivity index (χ3v) is 3.65. The van der Waals surface area contributed by atoms with Gasteiger partial charge >= 0.3 is 0 Å². The molecule has 1 heterocycles. The van der Waals surface area contributed by atoms with Gasteiger partial charge in [-0.2, -0.15) is 0 Å². The number of aromatic nitrogens is 3. The summed E-state index contributed by atoms with van der Waals surface area (Å²) in [6.07, 6.45) is 2.18. The Labute approximate surface area is 127 Å². The monoisotopic (exact) mass is 306 g/mol. The SMILES string of the molecule is COc1cc(Cl)ccc1C(=O)Nc1nnc(C)n1C1CC1. The van der Waals surface area contributed by atoms with E-state index in [0.717, 1.165) is 18.7 Å². The normalized spacial score (nSPS) is 14.0. The summed E-state index contributed by atoms with van der Waals surface area (Å²) in [7, 11) is 1.50. The molecule has 7 heteroatoms. The van der Waals surface area contributed by atoms with E-state index in [1.54, 1.807) is 18.2 Å². The van der Waals surface area contributed by atoms with E-state index in [9.17, 15) is 4.79 Å². The summed E-state index contributed by atoms with van der Waals surface area (Å²) in [6.45, 7) is 1.88. The van der Waals surface area contributed by atoms with E-state index in [2.05, 4.69) is 15.5 Å². The number of aryl methyl sites for hydroxylation is 1. The Morgan fingerprint density at radius 1 is 1.43 bits per heavy atom. The number of hydrogen-bond donors (Lipinski definition) is 1. The first-order valence-electron chi connectivity index (χ1n) is 6.66. The van der Waals surface area contributed by atoms with E-state index in [-0.39, 0.29) is 5.91 Å². The summed E-state index contributed by atoms with van der Waals surface area (Å²) in [5.74, 6) is 1.40. The maximum Gasteiger partial charge on any atom is 0.261 e. The minimum absolute atomic E-state index is 0.294. The Hall–Kier alpha value is -2.08. The fourth-order valence-electron chi connectivity index (χ4n) is 2.25. The number of amides is 1. The molecule has 1 amide bonds. The standard InChI is InChI=1S/C14H15ClN4O2/c1-8-17-18-14(19(8)10-4-5-10)16-13(20)11-6-3-9(15)7-12(11)21-2/h3,6-7,10H,4-5H2,1-2H3,(H,16,18,20). The Balaban J connectivity index is 1.87. The fourth-order valence-corrected chi connectivity index (χ4v) is 2.41. The summed E-state index contributed by atoms with van der Waals surface area (Å²) in [4.78, 5) is 12.4. The highest BCUT2D eigenvalue weighted by atomic mass is 35.5. The number of methoxy groups -OCH3 is 1. The molecule has 0 bridgehead atoms. The van der Waals surface area contributed by atoms with Crippen molar-refractivity contribution in [2.75, 3.05) is 12.4 Å². The Morgan fingerprint density at radius 2 is 2.19 bits per heavy atom. The van der Waals surface area contributed by atoms with Gasteiger partial charge in [0.05, 0.1) is 12.7 Å². The second-order valence-corrected chi connectivity index (χ2v) is 5.41. The largest absolute Gasteiger partial charge is 0.496 e. The number of carbonyl (C=O) groups is 1. The molecule has 110 valence electrons. The van der Waals surface area contributed by atoms with E-state index < -0.39 is 0 Å². The van der Waals surface area contributed by atoms with Crippen molar-refractivity contribution in [2.24, 2.45) is 0 Å². The van der Waals surface area contributed by atoms with Crippen LogP contribution in [0.3, 0.4) is 0 Å². The van der Waals surface area contributed by atoms with Gasteiger partial charge in [-0.05, 0) is 38.0 Å². The summed E-state index contributed by atoms with van der Waals surface area (Å²) >= 11 is 5.90. The highest BCUT2D eigenvalue weighted by Gasteiger charge is 2.29. The second kappa shape index (κ2) is 5.37. The van der Waals surface area contributed by atoms with Gasteiger partial charge in [0.1, 0.15) is 11.6 Å². The quantitative estimate of drug-likeness (QED) is 0.943. The van der Waals surface area contributed by atoms with Crippen LogP contribution in [0.25, 0.3) is 0 Å². The number of ether oxygens (including phenoxy) is 1. The lowest BCUT2D eigenvalue weighted by atomic mass is 10.2. The molecule has 0 saturated heterocycles. The maximum absolute atomic E-state index is 12.4. The average Bonchev–Trinajstić information content (AvgIpc) is 3.23. The van der Waals surface area contributed by atoms with Crippen LogP contribution >= 0.6 is 11.6 Å². The summed E-state index contributed by atoms with van der Waals surface area (Å²) in [6, 6.07) is 5.27. The molecule has 1 aromatic carbocycles. The molecule has 1 N–H and O–H groups in total. The third-order valence-electron chi connectivity index (χ3n) is 3.41. The molecule has 21 heavy (non-hydrogen) atoms. The molecule has 1 aromatic heterocycles. The lowest BCUT2D eigenvalue weighted by molar-refractivity contribution is 0.102. The Kier molecular flexibility index (Phi) is 3.55. The number of benzene rings is 1. The van der Waals surface area contributed by atoms with E-state index in [4.69, 9.17) is 16.3 Å². The van der Waals surface area contributed by atoms with E-state index in [1.807, 2.05) is 11.5 Å². The van der Waals surface area contributed by atoms with Gasteiger partial charge in [-0.15, -0.1) is 10.2 Å². The highest BCUT2D eigenvalue weighted by Crippen LogP contribution is 2.37. The van der Waals surface area contributed by atoms with Crippen LogP contribution in [0.1, 0.15) is 35.1 Å². The van der Waals surface area contributed by atoms with Crippen LogP contribution in [0, 0.1) is 6.92 Å². The van der Waals surface area contributed by atoms with Crippen LogP contribution in [0.5, 0.6) is 5.75 Å². The molecule has 2 aromatic rings. The molecule has 6 nitrogen and oxygen atoms in total. The van der Waals surface area contributed by atoms with Crippen molar-refractivity contribution in [1.82, 2.24) is 14.8 Å². The van der Waals surface area contributed by atoms with Crippen molar-refractivity contribution in [2.45, 2.75) is 25.8 Å². The minimum Gasteiger partial charge on any atom is -0.496 e. The number of rotatable bonds is 4. The lowest BCUT2D eigenvalue weighted by Gasteiger charge is -2.10. The van der Waals surface area contributed by atoms with Gasteiger partial charge in [0.2, 0.25) is 5.95 Å². The predicted molar refractivity (Wildman–Crippen MR) is 79.0 cm³/mol. The van der Waals surface area contributed by atoms with Crippen molar-refractivity contribution in [3.8, 4) is 5.75 Å². The van der Waals surface area contributed by atoms with Crippen LogP contribution in [-0.2, 0) is 0 Å². The van der Waals surface area contributed by atoms with Gasteiger partial charge in [0.15, 0.2) is 0 Å². The molecule has 1 fully saturated rings. The lowest BCUT2D eigenvalue weighted by Crippen LogP contribution is -2.17. The van der Waals surface area contributed by atoms with Gasteiger partial charge in [-0.3, -0.25) is 14.7 Å². The first-order valence-corrected chi connectivity index (χ1v) is 7.04. The number of hydrogen-bond acceptors (Lipinski definition) is 4. The smallest absolute Gasteiger partial charge is 0.261 e. The number of halogens is 1. The number of nitrogens with one attached hydrogen (secondary N) is 1. The third kappa shape index (κ3) is 2.71. The first kappa shape index (κ1) is 13.9. The molecule has 3 rings (SSSR count). The van der Waals surface area contributed by atoms with E-state index >= 15 is 0 Å². The molecule has 1 aliphatic carbocycles. The zero-order chi connectivity index (χ0) is 15.0. The zero-order valence-corrected chi connectivity index (χ0v) is 12.5. The van der Waals surface area contributed by atoms with Crippen LogP contribution in [0.2, 0.25) is 5.02 Å². The van der Waals surface area contributed by atoms with Gasteiger partial charge in [-0.25, -0.2) is 0 Å². The summed E-state index contributed by atoms with van der Waals surface area (Å²) < 4.78 is 7.15. The number of nitrogens with zero attached hydrogens (tertiary/aromatic N) is 3. The average molecular weight is 307 g/mol. The van der Waals surface area contributed by atoms with Crippen molar-refractivity contribution in [3.63, 3.8) is 0 Å².